The van der Waals surface area contributed by atoms with E-state index in [1.165, 1.54) is 0 Å². The molecule has 0 amide bonds. The van der Waals surface area contributed by atoms with Gasteiger partial charge in [-0.1, -0.05) is 74.8 Å². The van der Waals surface area contributed by atoms with E-state index in [4.69, 9.17) is 5.11 Å². The van der Waals surface area contributed by atoms with Crippen LogP contribution in [-0.2, 0) is 4.79 Å². The number of carbonyl (C=O) groups is 1. The Morgan fingerprint density at radius 2 is 1.83 bits per heavy atom. The van der Waals surface area contributed by atoms with E-state index in [-0.39, 0.29) is 6.42 Å². The summed E-state index contributed by atoms with van der Waals surface area (Å²) in [7, 11) is 0. The molecule has 0 heterocycles. The summed E-state index contributed by atoms with van der Waals surface area (Å²) >= 11 is 0. The summed E-state index contributed by atoms with van der Waals surface area (Å²) < 4.78 is 0. The average molecular weight is 316 g/mol. The molecular weight excluding hydrogens is 288 g/mol. The zero-order valence-electron chi connectivity index (χ0n) is 13.9. The second-order valence-corrected chi connectivity index (χ2v) is 5.74. The molecule has 1 atom stereocenters. The lowest BCUT2D eigenvalue weighted by atomic mass is 10.0. The molecule has 1 aromatic rings. The maximum atomic E-state index is 10.5. The Hall–Kier alpha value is -1.87. The van der Waals surface area contributed by atoms with Crippen LogP contribution in [-0.4, -0.2) is 22.3 Å². The Bertz CT molecular complexity index is 517. The number of aliphatic carboxylic acids is 1. The maximum Gasteiger partial charge on any atom is 0.303 e. The van der Waals surface area contributed by atoms with Gasteiger partial charge in [0.25, 0.3) is 0 Å². The molecular formula is C20H28O3. The van der Waals surface area contributed by atoms with Crippen LogP contribution in [0.4, 0.5) is 0 Å². The Labute approximate surface area is 139 Å². The lowest BCUT2D eigenvalue weighted by Gasteiger charge is -2.05. The summed E-state index contributed by atoms with van der Waals surface area (Å²) in [5.41, 5.74) is 2.15. The van der Waals surface area contributed by atoms with Crippen molar-refractivity contribution in [1.82, 2.24) is 0 Å². The minimum absolute atomic E-state index is 0.204. The minimum atomic E-state index is -0.751. The van der Waals surface area contributed by atoms with Crippen LogP contribution < -0.4 is 0 Å². The molecule has 0 aliphatic rings. The van der Waals surface area contributed by atoms with Crippen LogP contribution >= 0.6 is 0 Å². The van der Waals surface area contributed by atoms with Crippen molar-refractivity contribution in [3.8, 4) is 0 Å². The third-order valence-corrected chi connectivity index (χ3v) is 3.66. The molecule has 0 bridgehead atoms. The third-order valence-electron chi connectivity index (χ3n) is 3.66. The van der Waals surface area contributed by atoms with Gasteiger partial charge >= 0.3 is 5.97 Å². The van der Waals surface area contributed by atoms with Crippen LogP contribution in [0.5, 0.6) is 0 Å². The van der Waals surface area contributed by atoms with Crippen LogP contribution in [0, 0.1) is 0 Å². The van der Waals surface area contributed by atoms with Gasteiger partial charge in [0.2, 0.25) is 0 Å². The lowest BCUT2D eigenvalue weighted by Crippen LogP contribution is -2.01. The van der Waals surface area contributed by atoms with Gasteiger partial charge < -0.3 is 10.2 Å². The van der Waals surface area contributed by atoms with E-state index in [9.17, 15) is 9.90 Å². The van der Waals surface area contributed by atoms with Crippen molar-refractivity contribution in [2.45, 2.75) is 58.0 Å². The summed E-state index contributed by atoms with van der Waals surface area (Å²) in [6, 6.07) is 8.00. The van der Waals surface area contributed by atoms with Gasteiger partial charge in [-0.05, 0) is 30.4 Å². The van der Waals surface area contributed by atoms with Crippen molar-refractivity contribution in [2.75, 3.05) is 0 Å². The number of hydrogen-bond donors (Lipinski definition) is 2. The number of hydrogen-bond acceptors (Lipinski definition) is 2. The molecule has 23 heavy (non-hydrogen) atoms. The summed E-state index contributed by atoms with van der Waals surface area (Å²) in [5, 5.41) is 18.6. The van der Waals surface area contributed by atoms with Crippen LogP contribution in [0.25, 0.3) is 12.2 Å². The normalized spacial score (nSPS) is 13.0. The van der Waals surface area contributed by atoms with E-state index < -0.39 is 12.1 Å². The van der Waals surface area contributed by atoms with E-state index in [1.807, 2.05) is 48.6 Å². The van der Waals surface area contributed by atoms with Crippen LogP contribution in [0.3, 0.4) is 0 Å². The van der Waals surface area contributed by atoms with Gasteiger partial charge in [-0.15, -0.1) is 0 Å². The zero-order chi connectivity index (χ0) is 16.9. The van der Waals surface area contributed by atoms with Gasteiger partial charge in [0, 0.05) is 6.42 Å². The molecule has 0 spiro atoms. The zero-order valence-corrected chi connectivity index (χ0v) is 13.9. The second kappa shape index (κ2) is 11.7. The van der Waals surface area contributed by atoms with Crippen molar-refractivity contribution in [3.63, 3.8) is 0 Å². The highest BCUT2D eigenvalue weighted by Crippen LogP contribution is 2.15. The molecule has 0 unspecified atom stereocenters. The SMILES string of the molecule is CCCCC[C@H](O)/C=C/c1ccccc1/C=C\CCCC(=O)O. The molecule has 0 aliphatic carbocycles. The predicted molar refractivity (Wildman–Crippen MR) is 96.1 cm³/mol. The van der Waals surface area contributed by atoms with E-state index in [1.54, 1.807) is 0 Å². The van der Waals surface area contributed by atoms with Crippen molar-refractivity contribution in [1.29, 1.82) is 0 Å². The summed E-state index contributed by atoms with van der Waals surface area (Å²) in [5.74, 6) is -0.751. The van der Waals surface area contributed by atoms with Gasteiger partial charge in [0.15, 0.2) is 0 Å². The Kier molecular flexibility index (Phi) is 9.73. The lowest BCUT2D eigenvalue weighted by molar-refractivity contribution is -0.137. The first-order chi connectivity index (χ1) is 11.1. The Morgan fingerprint density at radius 1 is 1.13 bits per heavy atom. The van der Waals surface area contributed by atoms with Gasteiger partial charge in [-0.3, -0.25) is 4.79 Å². The quantitative estimate of drug-likeness (QED) is 0.570. The van der Waals surface area contributed by atoms with Crippen LogP contribution in [0.2, 0.25) is 0 Å². The highest BCUT2D eigenvalue weighted by Gasteiger charge is 2.00. The van der Waals surface area contributed by atoms with Gasteiger partial charge in [0.1, 0.15) is 0 Å². The summed E-state index contributed by atoms with van der Waals surface area (Å²) in [6.45, 7) is 2.15. The monoisotopic (exact) mass is 316 g/mol. The standard InChI is InChI=1S/C20H28O3/c1-2-3-5-13-19(21)16-15-18-12-9-8-11-17(18)10-6-4-7-14-20(22)23/h6,8-12,15-16,19,21H,2-5,7,13-14H2,1H3,(H,22,23)/b10-6-,16-15+/t19-/m0/s1. The van der Waals surface area contributed by atoms with E-state index >= 15 is 0 Å². The highest BCUT2D eigenvalue weighted by atomic mass is 16.4. The Morgan fingerprint density at radius 3 is 2.48 bits per heavy atom. The van der Waals surface area contributed by atoms with Gasteiger partial charge in [-0.25, -0.2) is 0 Å². The number of aliphatic hydroxyl groups excluding tert-OH is 1. The second-order valence-electron chi connectivity index (χ2n) is 5.74. The van der Waals surface area contributed by atoms with Crippen LogP contribution in [0.1, 0.15) is 63.0 Å². The molecule has 1 rings (SSSR count). The molecule has 3 nitrogen and oxygen atoms in total. The third kappa shape index (κ3) is 8.99. The van der Waals surface area contributed by atoms with Crippen LogP contribution in [0.15, 0.2) is 36.4 Å². The number of benzene rings is 1. The number of unbranched alkanes of at least 4 members (excludes halogenated alkanes) is 3. The van der Waals surface area contributed by atoms with Crippen molar-refractivity contribution >= 4 is 18.1 Å². The molecule has 0 fully saturated rings. The summed E-state index contributed by atoms with van der Waals surface area (Å²) in [4.78, 5) is 10.5. The average Bonchev–Trinajstić information content (AvgIpc) is 2.53. The molecule has 0 aromatic heterocycles. The first kappa shape index (κ1) is 19.2. The van der Waals surface area contributed by atoms with E-state index in [0.717, 1.165) is 43.2 Å². The topological polar surface area (TPSA) is 57.5 Å². The number of aliphatic hydroxyl groups is 1. The number of carboxylic acids is 1. The minimum Gasteiger partial charge on any atom is -0.481 e. The highest BCUT2D eigenvalue weighted by molar-refractivity contribution is 5.67. The van der Waals surface area contributed by atoms with Gasteiger partial charge in [0.05, 0.1) is 6.10 Å². The molecule has 3 heteroatoms. The fourth-order valence-electron chi connectivity index (χ4n) is 2.31. The number of carboxylic acid groups (broad SMARTS) is 1. The largest absolute Gasteiger partial charge is 0.481 e. The molecule has 0 saturated heterocycles. The Balaban J connectivity index is 2.55. The predicted octanol–water partition coefficient (Wildman–Crippen LogP) is 4.91. The number of allylic oxidation sites excluding steroid dienone is 1. The van der Waals surface area contributed by atoms with Crippen molar-refractivity contribution in [2.24, 2.45) is 0 Å². The van der Waals surface area contributed by atoms with Crippen molar-refractivity contribution in [3.05, 3.63) is 47.5 Å². The number of rotatable bonds is 11. The molecule has 0 aliphatic heterocycles. The van der Waals surface area contributed by atoms with Gasteiger partial charge in [-0.2, -0.15) is 0 Å². The van der Waals surface area contributed by atoms with Crippen molar-refractivity contribution < 1.29 is 15.0 Å². The fourth-order valence-corrected chi connectivity index (χ4v) is 2.31. The summed E-state index contributed by atoms with van der Waals surface area (Å²) in [6.07, 6.45) is 13.2. The molecule has 2 N–H and O–H groups in total. The first-order valence-corrected chi connectivity index (χ1v) is 8.47. The first-order valence-electron chi connectivity index (χ1n) is 8.47. The van der Waals surface area contributed by atoms with E-state index in [2.05, 4.69) is 6.92 Å². The maximum absolute atomic E-state index is 10.5. The molecule has 0 saturated carbocycles. The smallest absolute Gasteiger partial charge is 0.303 e. The fraction of sp³-hybridized carbons (Fsp3) is 0.450. The molecule has 0 radical (unpaired) electrons. The van der Waals surface area contributed by atoms with E-state index in [0.29, 0.717) is 6.42 Å². The molecule has 126 valence electrons. The molecule has 1 aromatic carbocycles.